The third-order valence-corrected chi connectivity index (χ3v) is 6.92. The maximum atomic E-state index is 13.0. The van der Waals surface area contributed by atoms with E-state index in [0.29, 0.717) is 5.56 Å². The van der Waals surface area contributed by atoms with Gasteiger partial charge in [-0.3, -0.25) is 14.7 Å². The van der Waals surface area contributed by atoms with Crippen LogP contribution in [-0.4, -0.2) is 39.6 Å². The normalized spacial score (nSPS) is 24.5. The van der Waals surface area contributed by atoms with E-state index in [1.807, 2.05) is 67.3 Å². The Morgan fingerprint density at radius 3 is 2.48 bits per heavy atom. The Labute approximate surface area is 194 Å². The van der Waals surface area contributed by atoms with E-state index in [-0.39, 0.29) is 30.1 Å². The van der Waals surface area contributed by atoms with E-state index in [0.717, 1.165) is 42.1 Å². The van der Waals surface area contributed by atoms with E-state index in [2.05, 4.69) is 22.4 Å². The summed E-state index contributed by atoms with van der Waals surface area (Å²) in [6, 6.07) is 19.7. The highest BCUT2D eigenvalue weighted by atomic mass is 16.6. The van der Waals surface area contributed by atoms with Crippen LogP contribution in [-0.2, 0) is 4.74 Å². The molecule has 2 amide bonds. The fraction of sp³-hybridized carbons (Fsp3) is 0.370. The minimum absolute atomic E-state index is 0.0783. The topological polar surface area (TPSA) is 71.5 Å². The quantitative estimate of drug-likeness (QED) is 0.598. The summed E-state index contributed by atoms with van der Waals surface area (Å²) in [5, 5.41) is 4.15. The van der Waals surface area contributed by atoms with E-state index in [1.54, 1.807) is 6.20 Å². The van der Waals surface area contributed by atoms with Gasteiger partial charge in [-0.25, -0.2) is 4.79 Å². The summed E-state index contributed by atoms with van der Waals surface area (Å²) in [5.74, 6) is -0.0911. The van der Waals surface area contributed by atoms with E-state index in [1.165, 1.54) is 0 Å². The van der Waals surface area contributed by atoms with Crippen LogP contribution < -0.4 is 5.32 Å². The molecular formula is C27H29N3O3. The number of carbonyl (C=O) groups excluding carboxylic acids is 2. The van der Waals surface area contributed by atoms with E-state index in [9.17, 15) is 9.59 Å². The molecule has 2 aromatic carbocycles. The van der Waals surface area contributed by atoms with Crippen molar-refractivity contribution in [3.05, 3.63) is 78.0 Å². The van der Waals surface area contributed by atoms with Gasteiger partial charge in [0.2, 0.25) is 0 Å². The number of carbonyl (C=O) groups is 2. The van der Waals surface area contributed by atoms with Crippen molar-refractivity contribution in [2.24, 2.45) is 0 Å². The molecule has 1 aliphatic heterocycles. The number of ether oxygens (including phenoxy) is 1. The van der Waals surface area contributed by atoms with E-state index >= 15 is 0 Å². The van der Waals surface area contributed by atoms with Crippen LogP contribution in [0.3, 0.4) is 0 Å². The average Bonchev–Trinajstić information content (AvgIpc) is 3.07. The average molecular weight is 444 g/mol. The van der Waals surface area contributed by atoms with Gasteiger partial charge in [-0.2, -0.15) is 0 Å². The number of hydrogen-bond acceptors (Lipinski definition) is 4. The van der Waals surface area contributed by atoms with Gasteiger partial charge in [-0.1, -0.05) is 48.5 Å². The van der Waals surface area contributed by atoms with Crippen molar-refractivity contribution in [3.8, 4) is 0 Å². The van der Waals surface area contributed by atoms with Gasteiger partial charge in [0.15, 0.2) is 0 Å². The SMILES string of the molecule is CC1(C)OC(=O)N(C2CCC(NC(=O)c3cccc4cccnc34)CC2)[C@@H]1c1ccccc1. The summed E-state index contributed by atoms with van der Waals surface area (Å²) in [6.45, 7) is 3.96. The Morgan fingerprint density at radius 2 is 1.73 bits per heavy atom. The molecule has 1 aromatic heterocycles. The van der Waals surface area contributed by atoms with E-state index < -0.39 is 5.60 Å². The number of rotatable bonds is 4. The van der Waals surface area contributed by atoms with Gasteiger partial charge in [0.05, 0.1) is 17.1 Å². The monoisotopic (exact) mass is 443 g/mol. The number of fused-ring (bicyclic) bond motifs is 1. The van der Waals surface area contributed by atoms with Crippen LogP contribution in [0.4, 0.5) is 4.79 Å². The summed E-state index contributed by atoms with van der Waals surface area (Å²) in [4.78, 5) is 32.2. The third kappa shape index (κ3) is 4.06. The molecule has 6 heteroatoms. The highest BCUT2D eigenvalue weighted by Gasteiger charge is 2.51. The number of nitrogens with one attached hydrogen (secondary N) is 1. The first-order valence-electron chi connectivity index (χ1n) is 11.6. The second-order valence-corrected chi connectivity index (χ2v) is 9.55. The minimum Gasteiger partial charge on any atom is -0.441 e. The van der Waals surface area contributed by atoms with Crippen LogP contribution in [0, 0.1) is 0 Å². The fourth-order valence-electron chi connectivity index (χ4n) is 5.38. The molecule has 170 valence electrons. The minimum atomic E-state index is -0.592. The van der Waals surface area contributed by atoms with Crippen LogP contribution in [0.15, 0.2) is 66.9 Å². The molecule has 1 aliphatic carbocycles. The summed E-state index contributed by atoms with van der Waals surface area (Å²) in [6.07, 6.45) is 4.76. The molecule has 2 aliphatic rings. The number of nitrogens with zero attached hydrogens (tertiary/aromatic N) is 2. The highest BCUT2D eigenvalue weighted by Crippen LogP contribution is 2.44. The van der Waals surface area contributed by atoms with Crippen molar-refractivity contribution in [2.45, 2.75) is 63.3 Å². The van der Waals surface area contributed by atoms with Crippen molar-refractivity contribution in [1.29, 1.82) is 0 Å². The van der Waals surface area contributed by atoms with Gasteiger partial charge in [-0.05, 0) is 57.2 Å². The Kier molecular flexibility index (Phi) is 5.52. The lowest BCUT2D eigenvalue weighted by atomic mass is 9.86. The summed E-state index contributed by atoms with van der Waals surface area (Å²) in [5.41, 5.74) is 1.82. The zero-order valence-electron chi connectivity index (χ0n) is 19.0. The Bertz CT molecular complexity index is 1160. The zero-order chi connectivity index (χ0) is 23.0. The van der Waals surface area contributed by atoms with Gasteiger partial charge in [0, 0.05) is 23.7 Å². The molecule has 1 N–H and O–H groups in total. The number of aromatic nitrogens is 1. The van der Waals surface area contributed by atoms with Gasteiger partial charge < -0.3 is 10.1 Å². The first-order valence-corrected chi connectivity index (χ1v) is 11.6. The molecule has 0 radical (unpaired) electrons. The summed E-state index contributed by atoms with van der Waals surface area (Å²) < 4.78 is 5.78. The predicted octanol–water partition coefficient (Wildman–Crippen LogP) is 5.25. The number of pyridine rings is 1. The first-order chi connectivity index (χ1) is 15.9. The second-order valence-electron chi connectivity index (χ2n) is 9.55. The van der Waals surface area contributed by atoms with Crippen molar-refractivity contribution in [3.63, 3.8) is 0 Å². The zero-order valence-corrected chi connectivity index (χ0v) is 19.0. The Morgan fingerprint density at radius 1 is 1.00 bits per heavy atom. The van der Waals surface area contributed by atoms with Crippen LogP contribution in [0.25, 0.3) is 10.9 Å². The van der Waals surface area contributed by atoms with Gasteiger partial charge >= 0.3 is 6.09 Å². The molecule has 1 atom stereocenters. The number of para-hydroxylation sites is 1. The van der Waals surface area contributed by atoms with Gasteiger partial charge in [-0.15, -0.1) is 0 Å². The standard InChI is InChI=1S/C27H29N3O3/c1-27(2)24(19-8-4-3-5-9-19)30(26(32)33-27)21-15-13-20(14-16-21)29-25(31)22-12-6-10-18-11-7-17-28-23(18)22/h3-12,17,20-21,24H,13-16H2,1-2H3,(H,29,31)/t20?,21?,24-/m1/s1. The molecule has 0 unspecified atom stereocenters. The van der Waals surface area contributed by atoms with Crippen LogP contribution in [0.5, 0.6) is 0 Å². The number of cyclic esters (lactones) is 1. The highest BCUT2D eigenvalue weighted by molar-refractivity contribution is 6.05. The van der Waals surface area contributed by atoms with Crippen LogP contribution >= 0.6 is 0 Å². The predicted molar refractivity (Wildman–Crippen MR) is 127 cm³/mol. The van der Waals surface area contributed by atoms with Gasteiger partial charge in [0.25, 0.3) is 5.91 Å². The lowest BCUT2D eigenvalue weighted by Crippen LogP contribution is -2.46. The van der Waals surface area contributed by atoms with Crippen molar-refractivity contribution < 1.29 is 14.3 Å². The first kappa shape index (κ1) is 21.4. The Balaban J connectivity index is 1.28. The lowest BCUT2D eigenvalue weighted by Gasteiger charge is -2.38. The molecule has 0 bridgehead atoms. The largest absolute Gasteiger partial charge is 0.441 e. The smallest absolute Gasteiger partial charge is 0.411 e. The molecule has 2 fully saturated rings. The van der Waals surface area contributed by atoms with Crippen molar-refractivity contribution >= 4 is 22.9 Å². The summed E-state index contributed by atoms with van der Waals surface area (Å²) in [7, 11) is 0. The number of amides is 2. The molecule has 2 heterocycles. The fourth-order valence-corrected chi connectivity index (χ4v) is 5.38. The molecule has 0 spiro atoms. The molecule has 1 saturated carbocycles. The lowest BCUT2D eigenvalue weighted by molar-refractivity contribution is 0.0663. The second kappa shape index (κ2) is 8.50. The van der Waals surface area contributed by atoms with Crippen molar-refractivity contribution in [1.82, 2.24) is 15.2 Å². The molecule has 1 saturated heterocycles. The maximum absolute atomic E-state index is 13.0. The van der Waals surface area contributed by atoms with E-state index in [4.69, 9.17) is 4.74 Å². The molecule has 33 heavy (non-hydrogen) atoms. The molecule has 6 nitrogen and oxygen atoms in total. The number of benzene rings is 2. The molecule has 5 rings (SSSR count). The van der Waals surface area contributed by atoms with Gasteiger partial charge in [0.1, 0.15) is 5.60 Å². The third-order valence-electron chi connectivity index (χ3n) is 6.92. The van der Waals surface area contributed by atoms with Crippen LogP contribution in [0.1, 0.15) is 61.5 Å². The molecule has 3 aromatic rings. The maximum Gasteiger partial charge on any atom is 0.411 e. The number of hydrogen-bond donors (Lipinski definition) is 1. The van der Waals surface area contributed by atoms with Crippen LogP contribution in [0.2, 0.25) is 0 Å². The Hall–Kier alpha value is -3.41. The van der Waals surface area contributed by atoms with Crippen molar-refractivity contribution in [2.75, 3.05) is 0 Å². The molecular weight excluding hydrogens is 414 g/mol. The summed E-state index contributed by atoms with van der Waals surface area (Å²) >= 11 is 0.